The lowest BCUT2D eigenvalue weighted by molar-refractivity contribution is -0.122. The Kier molecular flexibility index (Phi) is 6.42. The lowest BCUT2D eigenvalue weighted by Crippen LogP contribution is -2.41. The number of methoxy groups -OCH3 is 1. The van der Waals surface area contributed by atoms with Crippen LogP contribution in [0.4, 0.5) is 0 Å². The van der Waals surface area contributed by atoms with Crippen molar-refractivity contribution in [2.24, 2.45) is 5.10 Å². The molecule has 0 saturated carbocycles. The minimum Gasteiger partial charge on any atom is -0.495 e. The standard InChI is InChI=1S/C18H18Br2N4O2/c1-26-17-12(7-13(19)8-14(17)20)10-21-24-18(25)16-9-15(22-23-16)11-5-3-2-4-6-11/h2-8,10,15-16,22-23H,9H2,1H3,(H,24,25)/b21-10+. The summed E-state index contributed by atoms with van der Waals surface area (Å²) in [6, 6.07) is 13.5. The van der Waals surface area contributed by atoms with Gasteiger partial charge in [0.1, 0.15) is 11.8 Å². The van der Waals surface area contributed by atoms with Crippen LogP contribution in [0.5, 0.6) is 5.75 Å². The van der Waals surface area contributed by atoms with Gasteiger partial charge < -0.3 is 4.74 Å². The first kappa shape index (κ1) is 19.0. The van der Waals surface area contributed by atoms with E-state index >= 15 is 0 Å². The summed E-state index contributed by atoms with van der Waals surface area (Å²) in [6.45, 7) is 0. The Bertz CT molecular complexity index is 814. The summed E-state index contributed by atoms with van der Waals surface area (Å²) < 4.78 is 7.04. The number of hydrogen-bond acceptors (Lipinski definition) is 5. The topological polar surface area (TPSA) is 74.8 Å². The fourth-order valence-corrected chi connectivity index (χ4v) is 4.19. The lowest BCUT2D eigenvalue weighted by atomic mass is 10.0. The Balaban J connectivity index is 1.60. The van der Waals surface area contributed by atoms with Gasteiger partial charge in [-0.05, 0) is 40.0 Å². The van der Waals surface area contributed by atoms with Gasteiger partial charge in [0.05, 0.1) is 17.8 Å². The van der Waals surface area contributed by atoms with Crippen LogP contribution in [0.25, 0.3) is 0 Å². The van der Waals surface area contributed by atoms with Gasteiger partial charge in [0, 0.05) is 16.1 Å². The quantitative estimate of drug-likeness (QED) is 0.452. The SMILES string of the molecule is COc1c(Br)cc(Br)cc1/C=N/NC(=O)C1CC(c2ccccc2)NN1. The van der Waals surface area contributed by atoms with Gasteiger partial charge in [0.2, 0.25) is 0 Å². The third-order valence-corrected chi connectivity index (χ3v) is 5.09. The van der Waals surface area contributed by atoms with Crippen molar-refractivity contribution in [3.63, 3.8) is 0 Å². The molecule has 2 aromatic rings. The molecule has 1 amide bonds. The zero-order valence-corrected chi connectivity index (χ0v) is 17.2. The van der Waals surface area contributed by atoms with Crippen LogP contribution in [0.1, 0.15) is 23.6 Å². The lowest BCUT2D eigenvalue weighted by Gasteiger charge is -2.09. The van der Waals surface area contributed by atoms with Gasteiger partial charge in [-0.1, -0.05) is 46.3 Å². The van der Waals surface area contributed by atoms with Crippen molar-refractivity contribution >= 4 is 44.0 Å². The van der Waals surface area contributed by atoms with Crippen LogP contribution in [-0.2, 0) is 4.79 Å². The molecule has 1 fully saturated rings. The fraction of sp³-hybridized carbons (Fsp3) is 0.222. The van der Waals surface area contributed by atoms with E-state index in [0.717, 1.165) is 20.1 Å². The second kappa shape index (κ2) is 8.77. The molecule has 0 aromatic heterocycles. The number of ether oxygens (including phenoxy) is 1. The molecule has 2 aromatic carbocycles. The van der Waals surface area contributed by atoms with Gasteiger partial charge in [0.15, 0.2) is 0 Å². The van der Waals surface area contributed by atoms with Crippen LogP contribution in [0.2, 0.25) is 0 Å². The molecular formula is C18H18Br2N4O2. The summed E-state index contributed by atoms with van der Waals surface area (Å²) in [6.07, 6.45) is 2.21. The Morgan fingerprint density at radius 3 is 2.77 bits per heavy atom. The van der Waals surface area contributed by atoms with E-state index < -0.39 is 0 Å². The number of benzene rings is 2. The van der Waals surface area contributed by atoms with Gasteiger partial charge in [0.25, 0.3) is 5.91 Å². The smallest absolute Gasteiger partial charge is 0.258 e. The van der Waals surface area contributed by atoms with Crippen molar-refractivity contribution < 1.29 is 9.53 Å². The van der Waals surface area contributed by atoms with Crippen LogP contribution in [0, 0.1) is 0 Å². The first-order valence-corrected chi connectivity index (χ1v) is 9.59. The van der Waals surface area contributed by atoms with E-state index in [1.165, 1.54) is 0 Å². The highest BCUT2D eigenvalue weighted by atomic mass is 79.9. The molecule has 136 valence electrons. The van der Waals surface area contributed by atoms with Gasteiger partial charge in [-0.15, -0.1) is 0 Å². The Morgan fingerprint density at radius 1 is 1.27 bits per heavy atom. The normalized spacial score (nSPS) is 19.7. The summed E-state index contributed by atoms with van der Waals surface area (Å²) >= 11 is 6.87. The Labute approximate surface area is 168 Å². The van der Waals surface area contributed by atoms with Crippen LogP contribution in [0.3, 0.4) is 0 Å². The maximum Gasteiger partial charge on any atom is 0.258 e. The maximum atomic E-state index is 12.3. The largest absolute Gasteiger partial charge is 0.495 e. The molecule has 26 heavy (non-hydrogen) atoms. The number of halogens is 2. The highest BCUT2D eigenvalue weighted by Crippen LogP contribution is 2.31. The second-order valence-corrected chi connectivity index (χ2v) is 7.55. The van der Waals surface area contributed by atoms with E-state index in [9.17, 15) is 4.79 Å². The number of nitrogens with zero attached hydrogens (tertiary/aromatic N) is 1. The monoisotopic (exact) mass is 480 g/mol. The molecular weight excluding hydrogens is 464 g/mol. The number of amides is 1. The number of hydrogen-bond donors (Lipinski definition) is 3. The van der Waals surface area contributed by atoms with E-state index in [2.05, 4.69) is 53.2 Å². The number of nitrogens with one attached hydrogen (secondary N) is 3. The van der Waals surface area contributed by atoms with Crippen molar-refractivity contribution in [1.82, 2.24) is 16.3 Å². The average Bonchev–Trinajstić information content (AvgIpc) is 3.12. The average molecular weight is 482 g/mol. The molecule has 0 spiro atoms. The van der Waals surface area contributed by atoms with Crippen LogP contribution < -0.4 is 21.0 Å². The summed E-state index contributed by atoms with van der Waals surface area (Å²) in [5, 5.41) is 4.06. The van der Waals surface area contributed by atoms with Gasteiger partial charge in [-0.2, -0.15) is 5.10 Å². The number of hydrazine groups is 1. The molecule has 1 aliphatic heterocycles. The van der Waals surface area contributed by atoms with E-state index in [1.807, 2.05) is 42.5 Å². The van der Waals surface area contributed by atoms with Crippen LogP contribution >= 0.6 is 31.9 Å². The maximum absolute atomic E-state index is 12.3. The second-order valence-electron chi connectivity index (χ2n) is 5.78. The summed E-state index contributed by atoms with van der Waals surface area (Å²) in [4.78, 5) is 12.3. The summed E-state index contributed by atoms with van der Waals surface area (Å²) in [5.41, 5.74) is 10.6. The van der Waals surface area contributed by atoms with Crippen LogP contribution in [0.15, 0.2) is 56.5 Å². The highest BCUT2D eigenvalue weighted by Gasteiger charge is 2.29. The van der Waals surface area contributed by atoms with E-state index in [4.69, 9.17) is 4.74 Å². The predicted molar refractivity (Wildman–Crippen MR) is 108 cm³/mol. The molecule has 0 bridgehead atoms. The first-order chi connectivity index (χ1) is 12.6. The number of carbonyl (C=O) groups excluding carboxylic acids is 1. The van der Waals surface area contributed by atoms with Crippen molar-refractivity contribution in [3.8, 4) is 5.75 Å². The van der Waals surface area contributed by atoms with Gasteiger partial charge in [-0.25, -0.2) is 16.3 Å². The molecule has 1 heterocycles. The van der Waals surface area contributed by atoms with Crippen molar-refractivity contribution in [2.45, 2.75) is 18.5 Å². The molecule has 6 nitrogen and oxygen atoms in total. The highest BCUT2D eigenvalue weighted by molar-refractivity contribution is 9.11. The van der Waals surface area contributed by atoms with E-state index in [0.29, 0.717) is 12.2 Å². The molecule has 0 radical (unpaired) electrons. The van der Waals surface area contributed by atoms with Gasteiger partial charge >= 0.3 is 0 Å². The molecule has 2 atom stereocenters. The molecule has 3 N–H and O–H groups in total. The fourth-order valence-electron chi connectivity index (χ4n) is 2.77. The molecule has 8 heteroatoms. The van der Waals surface area contributed by atoms with Crippen molar-refractivity contribution in [1.29, 1.82) is 0 Å². The number of hydrazone groups is 1. The summed E-state index contributed by atoms with van der Waals surface area (Å²) in [5.74, 6) is 0.455. The minimum atomic E-state index is -0.353. The molecule has 2 unspecified atom stereocenters. The molecule has 3 rings (SSSR count). The predicted octanol–water partition coefficient (Wildman–Crippen LogP) is 3.28. The number of rotatable bonds is 5. The van der Waals surface area contributed by atoms with Gasteiger partial charge in [-0.3, -0.25) is 4.79 Å². The first-order valence-electron chi connectivity index (χ1n) is 8.00. The third kappa shape index (κ3) is 4.50. The molecule has 1 aliphatic rings. The van der Waals surface area contributed by atoms with Crippen molar-refractivity contribution in [2.75, 3.05) is 7.11 Å². The van der Waals surface area contributed by atoms with E-state index in [1.54, 1.807) is 13.3 Å². The molecule has 1 saturated heterocycles. The van der Waals surface area contributed by atoms with Crippen molar-refractivity contribution in [3.05, 3.63) is 62.5 Å². The molecule has 0 aliphatic carbocycles. The zero-order chi connectivity index (χ0) is 18.5. The zero-order valence-electron chi connectivity index (χ0n) is 14.0. The minimum absolute atomic E-state index is 0.0945. The Morgan fingerprint density at radius 2 is 2.04 bits per heavy atom. The van der Waals surface area contributed by atoms with E-state index in [-0.39, 0.29) is 18.0 Å². The third-order valence-electron chi connectivity index (χ3n) is 4.04. The Hall–Kier alpha value is -1.74. The summed E-state index contributed by atoms with van der Waals surface area (Å²) in [7, 11) is 1.59. The number of carbonyl (C=O) groups is 1. The van der Waals surface area contributed by atoms with Crippen LogP contribution in [-0.4, -0.2) is 25.3 Å².